The van der Waals surface area contributed by atoms with Crippen molar-refractivity contribution >= 4 is 21.6 Å². The molecule has 0 atom stereocenters. The van der Waals surface area contributed by atoms with Crippen molar-refractivity contribution < 1.29 is 8.78 Å². The molecular weight excluding hydrogens is 266 g/mol. The van der Waals surface area contributed by atoms with E-state index >= 15 is 0 Å². The van der Waals surface area contributed by atoms with Crippen molar-refractivity contribution in [2.45, 2.75) is 6.92 Å². The van der Waals surface area contributed by atoms with Crippen LogP contribution in [0.4, 0.5) is 8.78 Å². The van der Waals surface area contributed by atoms with Crippen LogP contribution in [0.15, 0.2) is 22.2 Å². The lowest BCUT2D eigenvalue weighted by Crippen LogP contribution is -2.05. The number of rotatable bonds is 1. The van der Waals surface area contributed by atoms with E-state index in [1.807, 2.05) is 0 Å². The van der Waals surface area contributed by atoms with E-state index in [4.69, 9.17) is 11.0 Å². The summed E-state index contributed by atoms with van der Waals surface area (Å²) < 4.78 is 27.0. The van der Waals surface area contributed by atoms with Gasteiger partial charge in [-0.2, -0.15) is 5.26 Å². The third kappa shape index (κ3) is 2.34. The van der Waals surface area contributed by atoms with E-state index in [9.17, 15) is 8.78 Å². The first-order valence-corrected chi connectivity index (χ1v) is 4.78. The Kier molecular flexibility index (Phi) is 3.43. The standard InChI is InChI=1S/C10H7BrF2N2/c1-5(4-14)10(15)9-7(12)2-6(11)3-8(9)13/h2-3H,15H2,1H3. The minimum absolute atomic E-state index is 0.0788. The summed E-state index contributed by atoms with van der Waals surface area (Å²) in [5.41, 5.74) is 5.00. The Bertz CT molecular complexity index is 452. The highest BCUT2D eigenvalue weighted by atomic mass is 79.9. The van der Waals surface area contributed by atoms with Gasteiger partial charge < -0.3 is 5.73 Å². The number of halogens is 3. The number of benzene rings is 1. The number of allylic oxidation sites excluding steroid dienone is 1. The fraction of sp³-hybridized carbons (Fsp3) is 0.100. The van der Waals surface area contributed by atoms with Crippen molar-refractivity contribution in [1.82, 2.24) is 0 Å². The molecule has 0 aliphatic heterocycles. The van der Waals surface area contributed by atoms with Crippen LogP contribution in [-0.4, -0.2) is 0 Å². The highest BCUT2D eigenvalue weighted by molar-refractivity contribution is 9.10. The monoisotopic (exact) mass is 272 g/mol. The predicted octanol–water partition coefficient (Wildman–Crippen LogP) is 2.94. The molecule has 0 spiro atoms. The molecule has 2 nitrogen and oxygen atoms in total. The van der Waals surface area contributed by atoms with Gasteiger partial charge in [0.05, 0.1) is 22.9 Å². The zero-order valence-corrected chi connectivity index (χ0v) is 9.40. The summed E-state index contributed by atoms with van der Waals surface area (Å²) in [5.74, 6) is -1.59. The molecule has 1 aromatic carbocycles. The van der Waals surface area contributed by atoms with Crippen molar-refractivity contribution in [3.05, 3.63) is 39.4 Å². The van der Waals surface area contributed by atoms with E-state index in [1.165, 1.54) is 6.92 Å². The maximum atomic E-state index is 13.4. The van der Waals surface area contributed by atoms with E-state index in [-0.39, 0.29) is 21.3 Å². The fourth-order valence-electron chi connectivity index (χ4n) is 1.05. The summed E-state index contributed by atoms with van der Waals surface area (Å²) in [5, 5.41) is 8.56. The molecule has 0 saturated heterocycles. The van der Waals surface area contributed by atoms with Gasteiger partial charge in [-0.25, -0.2) is 8.78 Å². The minimum atomic E-state index is -0.797. The van der Waals surface area contributed by atoms with Crippen LogP contribution in [0.3, 0.4) is 0 Å². The second-order valence-corrected chi connectivity index (χ2v) is 3.81. The Balaban J connectivity index is 3.47. The first-order valence-electron chi connectivity index (χ1n) is 3.98. The second-order valence-electron chi connectivity index (χ2n) is 2.89. The van der Waals surface area contributed by atoms with Gasteiger partial charge in [0.15, 0.2) is 0 Å². The van der Waals surface area contributed by atoms with Gasteiger partial charge in [-0.05, 0) is 19.1 Å². The molecule has 0 aliphatic carbocycles. The number of nitrogens with zero attached hydrogens (tertiary/aromatic N) is 1. The van der Waals surface area contributed by atoms with Crippen molar-refractivity contribution in [2.24, 2.45) is 5.73 Å². The lowest BCUT2D eigenvalue weighted by atomic mass is 10.1. The first-order chi connectivity index (χ1) is 6.97. The van der Waals surface area contributed by atoms with Crippen LogP contribution in [-0.2, 0) is 0 Å². The Morgan fingerprint density at radius 2 is 1.87 bits per heavy atom. The molecule has 5 heteroatoms. The maximum absolute atomic E-state index is 13.4. The van der Waals surface area contributed by atoms with Gasteiger partial charge in [0, 0.05) is 4.47 Å². The van der Waals surface area contributed by atoms with Crippen LogP contribution in [0.5, 0.6) is 0 Å². The van der Waals surface area contributed by atoms with E-state index < -0.39 is 11.6 Å². The molecule has 2 N–H and O–H groups in total. The van der Waals surface area contributed by atoms with Crippen LogP contribution in [0.25, 0.3) is 5.70 Å². The third-order valence-corrected chi connectivity index (χ3v) is 2.31. The molecule has 1 aromatic rings. The SMILES string of the molecule is CC(C#N)=C(N)c1c(F)cc(Br)cc1F. The molecule has 0 amide bonds. The predicted molar refractivity (Wildman–Crippen MR) is 56.5 cm³/mol. The lowest BCUT2D eigenvalue weighted by molar-refractivity contribution is 0.575. The molecule has 1 rings (SSSR count). The van der Waals surface area contributed by atoms with Crippen molar-refractivity contribution in [3.8, 4) is 6.07 Å². The van der Waals surface area contributed by atoms with E-state index in [1.54, 1.807) is 6.07 Å². The normalized spacial score (nSPS) is 11.9. The van der Waals surface area contributed by atoms with Gasteiger partial charge in [-0.15, -0.1) is 0 Å². The first kappa shape index (κ1) is 11.7. The quantitative estimate of drug-likeness (QED) is 0.800. The van der Waals surface area contributed by atoms with Gasteiger partial charge >= 0.3 is 0 Å². The highest BCUT2D eigenvalue weighted by Crippen LogP contribution is 2.24. The number of hydrogen-bond donors (Lipinski definition) is 1. The summed E-state index contributed by atoms with van der Waals surface area (Å²) in [6, 6.07) is 3.93. The summed E-state index contributed by atoms with van der Waals surface area (Å²) in [6.07, 6.45) is 0. The van der Waals surface area contributed by atoms with Gasteiger partial charge in [0.1, 0.15) is 11.6 Å². The molecule has 78 valence electrons. The Hall–Kier alpha value is -1.41. The Morgan fingerprint density at radius 1 is 1.40 bits per heavy atom. The smallest absolute Gasteiger partial charge is 0.136 e. The van der Waals surface area contributed by atoms with Crippen LogP contribution in [0.1, 0.15) is 12.5 Å². The summed E-state index contributed by atoms with van der Waals surface area (Å²) in [7, 11) is 0. The molecule has 0 saturated carbocycles. The zero-order chi connectivity index (χ0) is 11.6. The van der Waals surface area contributed by atoms with Crippen molar-refractivity contribution in [1.29, 1.82) is 5.26 Å². The van der Waals surface area contributed by atoms with Crippen LogP contribution < -0.4 is 5.73 Å². The molecule has 0 fully saturated rings. The average molecular weight is 273 g/mol. The summed E-state index contributed by atoms with van der Waals surface area (Å²) >= 11 is 2.95. The Morgan fingerprint density at radius 3 is 2.27 bits per heavy atom. The number of nitrogens with two attached hydrogens (primary N) is 1. The van der Waals surface area contributed by atoms with Crippen LogP contribution in [0.2, 0.25) is 0 Å². The van der Waals surface area contributed by atoms with Crippen LogP contribution >= 0.6 is 15.9 Å². The summed E-state index contributed by atoms with van der Waals surface area (Å²) in [4.78, 5) is 0. The topological polar surface area (TPSA) is 49.8 Å². The highest BCUT2D eigenvalue weighted by Gasteiger charge is 2.14. The van der Waals surface area contributed by atoms with Gasteiger partial charge in [-0.3, -0.25) is 0 Å². The van der Waals surface area contributed by atoms with E-state index in [2.05, 4.69) is 15.9 Å². The number of nitriles is 1. The molecule has 0 heterocycles. The molecule has 0 bridgehead atoms. The van der Waals surface area contributed by atoms with E-state index in [0.717, 1.165) is 12.1 Å². The largest absolute Gasteiger partial charge is 0.397 e. The fourth-order valence-corrected chi connectivity index (χ4v) is 1.45. The number of hydrogen-bond acceptors (Lipinski definition) is 2. The van der Waals surface area contributed by atoms with Gasteiger partial charge in [0.25, 0.3) is 0 Å². The van der Waals surface area contributed by atoms with Crippen LogP contribution in [0, 0.1) is 23.0 Å². The molecule has 0 radical (unpaired) electrons. The Labute approximate surface area is 94.1 Å². The minimum Gasteiger partial charge on any atom is -0.397 e. The summed E-state index contributed by atoms with van der Waals surface area (Å²) in [6.45, 7) is 1.40. The van der Waals surface area contributed by atoms with Gasteiger partial charge in [-0.1, -0.05) is 15.9 Å². The lowest BCUT2D eigenvalue weighted by Gasteiger charge is -2.06. The third-order valence-electron chi connectivity index (χ3n) is 1.85. The molecular formula is C10H7BrF2N2. The van der Waals surface area contributed by atoms with Crippen molar-refractivity contribution in [3.63, 3.8) is 0 Å². The zero-order valence-electron chi connectivity index (χ0n) is 7.81. The van der Waals surface area contributed by atoms with Gasteiger partial charge in [0.2, 0.25) is 0 Å². The molecule has 15 heavy (non-hydrogen) atoms. The molecule has 0 unspecified atom stereocenters. The maximum Gasteiger partial charge on any atom is 0.136 e. The molecule has 0 aliphatic rings. The van der Waals surface area contributed by atoms with E-state index in [0.29, 0.717) is 0 Å². The second kappa shape index (κ2) is 4.41. The molecule has 0 aromatic heterocycles. The average Bonchev–Trinajstić information content (AvgIpc) is 2.14. The van der Waals surface area contributed by atoms with Crippen molar-refractivity contribution in [2.75, 3.05) is 0 Å².